The zero-order chi connectivity index (χ0) is 14.5. The van der Waals surface area contributed by atoms with E-state index < -0.39 is 5.60 Å². The normalized spacial score (nSPS) is 11.2. The topological polar surface area (TPSA) is 90.1 Å². The summed E-state index contributed by atoms with van der Waals surface area (Å²) in [5, 5.41) is 3.70. The van der Waals surface area contributed by atoms with Crippen LogP contribution in [0.2, 0.25) is 0 Å². The standard InChI is InChI=1S/C12H20N4O2S/c1-5-14-8-6-9(16-11(13)15-8)19-7-10(17)18-12(2,3)4/h6H,5,7H2,1-4H3,(H3,13,14,15,16). The molecule has 0 aliphatic heterocycles. The van der Waals surface area contributed by atoms with Crippen LogP contribution >= 0.6 is 11.8 Å². The van der Waals surface area contributed by atoms with Gasteiger partial charge in [0, 0.05) is 12.6 Å². The maximum absolute atomic E-state index is 11.6. The van der Waals surface area contributed by atoms with E-state index in [1.807, 2.05) is 27.7 Å². The molecule has 0 radical (unpaired) electrons. The lowest BCUT2D eigenvalue weighted by Crippen LogP contribution is -2.24. The minimum atomic E-state index is -0.475. The minimum Gasteiger partial charge on any atom is -0.459 e. The fourth-order valence-corrected chi connectivity index (χ4v) is 1.97. The van der Waals surface area contributed by atoms with E-state index in [0.29, 0.717) is 10.8 Å². The van der Waals surface area contributed by atoms with Crippen LogP contribution in [0.15, 0.2) is 11.1 Å². The molecule has 0 atom stereocenters. The number of rotatable bonds is 5. The van der Waals surface area contributed by atoms with E-state index in [4.69, 9.17) is 10.5 Å². The zero-order valence-corrected chi connectivity index (χ0v) is 12.5. The van der Waals surface area contributed by atoms with Gasteiger partial charge >= 0.3 is 5.97 Å². The van der Waals surface area contributed by atoms with Crippen molar-refractivity contribution in [1.29, 1.82) is 0 Å². The van der Waals surface area contributed by atoms with Gasteiger partial charge in [0.05, 0.1) is 5.75 Å². The number of hydrogen-bond donors (Lipinski definition) is 2. The lowest BCUT2D eigenvalue weighted by atomic mass is 10.2. The second-order valence-electron chi connectivity index (χ2n) is 4.86. The molecule has 0 bridgehead atoms. The van der Waals surface area contributed by atoms with E-state index in [-0.39, 0.29) is 17.7 Å². The molecule has 1 aromatic rings. The van der Waals surface area contributed by atoms with E-state index in [2.05, 4.69) is 15.3 Å². The predicted octanol–water partition coefficient (Wildman–Crippen LogP) is 1.92. The molecule has 0 aliphatic carbocycles. The lowest BCUT2D eigenvalue weighted by Gasteiger charge is -2.19. The third-order valence-corrected chi connectivity index (χ3v) is 2.72. The van der Waals surface area contributed by atoms with Crippen LogP contribution in [0.25, 0.3) is 0 Å². The van der Waals surface area contributed by atoms with Gasteiger partial charge in [0.25, 0.3) is 0 Å². The zero-order valence-electron chi connectivity index (χ0n) is 11.7. The van der Waals surface area contributed by atoms with Crippen molar-refractivity contribution in [2.24, 2.45) is 0 Å². The minimum absolute atomic E-state index is 0.185. The van der Waals surface area contributed by atoms with Crippen molar-refractivity contribution < 1.29 is 9.53 Å². The Labute approximate surface area is 117 Å². The average molecular weight is 284 g/mol. The summed E-state index contributed by atoms with van der Waals surface area (Å²) in [5.74, 6) is 0.755. The molecule has 0 saturated heterocycles. The lowest BCUT2D eigenvalue weighted by molar-refractivity contribution is -0.151. The number of nitrogens with one attached hydrogen (secondary N) is 1. The number of esters is 1. The molecule has 1 heterocycles. The van der Waals surface area contributed by atoms with Crippen molar-refractivity contribution >= 4 is 29.5 Å². The molecule has 19 heavy (non-hydrogen) atoms. The first-order chi connectivity index (χ1) is 8.80. The first-order valence-electron chi connectivity index (χ1n) is 6.03. The maximum Gasteiger partial charge on any atom is 0.316 e. The van der Waals surface area contributed by atoms with Gasteiger partial charge in [0.1, 0.15) is 16.4 Å². The molecule has 0 unspecified atom stereocenters. The summed E-state index contributed by atoms with van der Waals surface area (Å²) in [4.78, 5) is 19.7. The van der Waals surface area contributed by atoms with Gasteiger partial charge in [-0.2, -0.15) is 4.98 Å². The Bertz CT molecular complexity index is 446. The molecule has 6 nitrogen and oxygen atoms in total. The SMILES string of the molecule is CCNc1cc(SCC(=O)OC(C)(C)C)nc(N)n1. The summed E-state index contributed by atoms with van der Waals surface area (Å²) in [6.07, 6.45) is 0. The summed E-state index contributed by atoms with van der Waals surface area (Å²) in [5.41, 5.74) is 5.13. The molecule has 0 amide bonds. The Hall–Kier alpha value is -1.50. The highest BCUT2D eigenvalue weighted by atomic mass is 32.2. The largest absolute Gasteiger partial charge is 0.459 e. The fourth-order valence-electron chi connectivity index (χ4n) is 1.29. The molecule has 0 fully saturated rings. The number of thioether (sulfide) groups is 1. The molecule has 1 rings (SSSR count). The summed E-state index contributed by atoms with van der Waals surface area (Å²) >= 11 is 1.28. The monoisotopic (exact) mass is 284 g/mol. The first-order valence-corrected chi connectivity index (χ1v) is 7.02. The molecule has 0 saturated carbocycles. The number of hydrogen-bond acceptors (Lipinski definition) is 7. The number of aromatic nitrogens is 2. The Balaban J connectivity index is 2.60. The molecule has 0 aromatic carbocycles. The van der Waals surface area contributed by atoms with E-state index in [0.717, 1.165) is 6.54 Å². The summed E-state index contributed by atoms with van der Waals surface area (Å²) < 4.78 is 5.22. The van der Waals surface area contributed by atoms with Crippen molar-refractivity contribution in [3.05, 3.63) is 6.07 Å². The van der Waals surface area contributed by atoms with Crippen LogP contribution in [0.1, 0.15) is 27.7 Å². The van der Waals surface area contributed by atoms with Crippen molar-refractivity contribution in [3.63, 3.8) is 0 Å². The quantitative estimate of drug-likeness (QED) is 0.485. The number of carbonyl (C=O) groups is 1. The van der Waals surface area contributed by atoms with Crippen molar-refractivity contribution in [2.45, 2.75) is 38.3 Å². The molecular formula is C12H20N4O2S. The second-order valence-corrected chi connectivity index (χ2v) is 5.85. The second kappa shape index (κ2) is 6.60. The molecule has 0 spiro atoms. The van der Waals surface area contributed by atoms with Gasteiger partial charge in [-0.3, -0.25) is 4.79 Å². The van der Waals surface area contributed by atoms with Crippen LogP contribution in [-0.2, 0) is 9.53 Å². The molecule has 106 valence electrons. The van der Waals surface area contributed by atoms with Gasteiger partial charge in [0.2, 0.25) is 5.95 Å². The smallest absolute Gasteiger partial charge is 0.316 e. The van der Waals surface area contributed by atoms with Crippen molar-refractivity contribution in [3.8, 4) is 0 Å². The molecule has 7 heteroatoms. The Kier molecular flexibility index (Phi) is 5.41. The van der Waals surface area contributed by atoms with Crippen LogP contribution in [0, 0.1) is 0 Å². The van der Waals surface area contributed by atoms with E-state index in [1.165, 1.54) is 11.8 Å². The number of nitrogen functional groups attached to an aromatic ring is 1. The third-order valence-electron chi connectivity index (χ3n) is 1.84. The van der Waals surface area contributed by atoms with Gasteiger partial charge in [-0.25, -0.2) is 4.98 Å². The van der Waals surface area contributed by atoms with Gasteiger partial charge in [-0.05, 0) is 27.7 Å². The molecular weight excluding hydrogens is 264 g/mol. The van der Waals surface area contributed by atoms with Crippen LogP contribution in [0.4, 0.5) is 11.8 Å². The molecule has 0 aliphatic rings. The third kappa shape index (κ3) is 6.28. The number of carbonyl (C=O) groups excluding carboxylic acids is 1. The number of nitrogens with zero attached hydrogens (tertiary/aromatic N) is 2. The van der Waals surface area contributed by atoms with Crippen molar-refractivity contribution in [1.82, 2.24) is 9.97 Å². The van der Waals surface area contributed by atoms with E-state index >= 15 is 0 Å². The van der Waals surface area contributed by atoms with Gasteiger partial charge in [-0.15, -0.1) is 0 Å². The highest BCUT2D eigenvalue weighted by molar-refractivity contribution is 7.99. The van der Waals surface area contributed by atoms with E-state index in [1.54, 1.807) is 6.07 Å². The highest BCUT2D eigenvalue weighted by Gasteiger charge is 2.16. The Morgan fingerprint density at radius 1 is 1.47 bits per heavy atom. The Morgan fingerprint density at radius 2 is 2.16 bits per heavy atom. The van der Waals surface area contributed by atoms with Gasteiger partial charge in [-0.1, -0.05) is 11.8 Å². The van der Waals surface area contributed by atoms with E-state index in [9.17, 15) is 4.79 Å². The van der Waals surface area contributed by atoms with Gasteiger partial charge in [0.15, 0.2) is 0 Å². The first kappa shape index (κ1) is 15.6. The highest BCUT2D eigenvalue weighted by Crippen LogP contribution is 2.20. The number of ether oxygens (including phenoxy) is 1. The summed E-state index contributed by atoms with van der Waals surface area (Å²) in [6.45, 7) is 8.21. The van der Waals surface area contributed by atoms with Crippen LogP contribution in [0.3, 0.4) is 0 Å². The number of nitrogens with two attached hydrogens (primary N) is 1. The van der Waals surface area contributed by atoms with Crippen LogP contribution in [-0.4, -0.2) is 33.8 Å². The van der Waals surface area contributed by atoms with Gasteiger partial charge < -0.3 is 15.8 Å². The Morgan fingerprint density at radius 3 is 2.74 bits per heavy atom. The average Bonchev–Trinajstić information content (AvgIpc) is 2.24. The summed E-state index contributed by atoms with van der Waals surface area (Å²) in [7, 11) is 0. The molecule has 1 aromatic heterocycles. The van der Waals surface area contributed by atoms with Crippen LogP contribution < -0.4 is 11.1 Å². The fraction of sp³-hybridized carbons (Fsp3) is 0.583. The maximum atomic E-state index is 11.6. The predicted molar refractivity (Wildman–Crippen MR) is 77.2 cm³/mol. The van der Waals surface area contributed by atoms with Crippen molar-refractivity contribution in [2.75, 3.05) is 23.3 Å². The van der Waals surface area contributed by atoms with Crippen LogP contribution in [0.5, 0.6) is 0 Å². The number of anilines is 2. The summed E-state index contributed by atoms with van der Waals surface area (Å²) in [6, 6.07) is 1.76. The molecule has 3 N–H and O–H groups in total.